The Bertz CT molecular complexity index is 1370. The molecule has 1 atom stereocenters. The highest BCUT2D eigenvalue weighted by molar-refractivity contribution is 7.22. The predicted molar refractivity (Wildman–Crippen MR) is 150 cm³/mol. The summed E-state index contributed by atoms with van der Waals surface area (Å²) >= 11 is 1.78. The Balaban J connectivity index is 1.70. The van der Waals surface area contributed by atoms with Gasteiger partial charge < -0.3 is 16.5 Å². The molecule has 4 rings (SSSR count). The predicted octanol–water partition coefficient (Wildman–Crippen LogP) is 5.35. The van der Waals surface area contributed by atoms with E-state index in [9.17, 15) is 0 Å². The maximum absolute atomic E-state index is 5.06. The molecule has 180 valence electrons. The van der Waals surface area contributed by atoms with Crippen LogP contribution < -0.4 is 16.5 Å². The van der Waals surface area contributed by atoms with Crippen LogP contribution in [0.15, 0.2) is 58.8 Å². The number of aromatic nitrogens is 2. The van der Waals surface area contributed by atoms with Crippen molar-refractivity contribution in [2.24, 2.45) is 15.9 Å². The molecule has 0 aliphatic carbocycles. The average molecular weight is 486 g/mol. The van der Waals surface area contributed by atoms with Crippen LogP contribution in [-0.4, -0.2) is 42.5 Å². The maximum Gasteiger partial charge on any atom is 0.223 e. The molecule has 0 fully saturated rings. The molecule has 0 amide bonds. The molecule has 0 radical (unpaired) electrons. The summed E-state index contributed by atoms with van der Waals surface area (Å²) in [5, 5.41) is 11.3. The highest BCUT2D eigenvalue weighted by Gasteiger charge is 2.17. The van der Waals surface area contributed by atoms with Gasteiger partial charge in [0.25, 0.3) is 0 Å². The lowest BCUT2D eigenvalue weighted by Crippen LogP contribution is -2.13. The van der Waals surface area contributed by atoms with Crippen molar-refractivity contribution in [1.82, 2.24) is 15.3 Å². The number of hydrazone groups is 1. The topological polar surface area (TPSA) is 101 Å². The third kappa shape index (κ3) is 5.55. The molecule has 0 aliphatic heterocycles. The summed E-state index contributed by atoms with van der Waals surface area (Å²) in [5.74, 6) is 5.66. The number of anilines is 1. The number of nitrogens with zero attached hydrogens (tertiary/aromatic N) is 4. The molecule has 0 spiro atoms. The summed E-state index contributed by atoms with van der Waals surface area (Å²) in [6.07, 6.45) is 4.90. The van der Waals surface area contributed by atoms with Gasteiger partial charge in [-0.05, 0) is 61.5 Å². The van der Waals surface area contributed by atoms with Crippen molar-refractivity contribution in [3.63, 3.8) is 0 Å². The minimum absolute atomic E-state index is 0.255. The minimum Gasteiger partial charge on any atom is -0.352 e. The molecule has 35 heavy (non-hydrogen) atoms. The van der Waals surface area contributed by atoms with Gasteiger partial charge in [-0.15, -0.1) is 11.3 Å². The first kappa shape index (κ1) is 24.5. The van der Waals surface area contributed by atoms with E-state index >= 15 is 0 Å². The molecule has 4 N–H and O–H groups in total. The number of hydrogen-bond donors (Lipinski definition) is 3. The van der Waals surface area contributed by atoms with Gasteiger partial charge in [-0.1, -0.05) is 42.0 Å². The van der Waals surface area contributed by atoms with E-state index in [1.807, 2.05) is 20.2 Å². The van der Waals surface area contributed by atoms with Crippen molar-refractivity contribution in [1.29, 1.82) is 0 Å². The Morgan fingerprint density at radius 2 is 1.97 bits per heavy atom. The molecule has 0 aliphatic rings. The number of hydrogen-bond acceptors (Lipinski definition) is 8. The number of thiophene rings is 1. The van der Waals surface area contributed by atoms with Crippen molar-refractivity contribution < 1.29 is 0 Å². The molecule has 2 aromatic carbocycles. The quantitative estimate of drug-likeness (QED) is 0.128. The fraction of sp³-hybridized carbons (Fsp3) is 0.259. The number of nitrogens with two attached hydrogens (primary N) is 1. The monoisotopic (exact) mass is 485 g/mol. The number of aryl methyl sites for hydroxylation is 2. The van der Waals surface area contributed by atoms with Crippen molar-refractivity contribution >= 4 is 39.8 Å². The first-order valence-electron chi connectivity index (χ1n) is 11.6. The molecule has 8 heteroatoms. The van der Waals surface area contributed by atoms with Crippen LogP contribution in [0.2, 0.25) is 0 Å². The summed E-state index contributed by atoms with van der Waals surface area (Å²) in [5.41, 5.74) is 7.06. The highest BCUT2D eigenvalue weighted by Crippen LogP contribution is 2.41. The summed E-state index contributed by atoms with van der Waals surface area (Å²) in [6.45, 7) is 7.59. The molecule has 1 unspecified atom stereocenters. The molecule has 0 saturated carbocycles. The van der Waals surface area contributed by atoms with Crippen LogP contribution >= 0.6 is 11.3 Å². The van der Waals surface area contributed by atoms with E-state index in [0.717, 1.165) is 16.1 Å². The van der Waals surface area contributed by atoms with Crippen LogP contribution in [0.25, 0.3) is 31.8 Å². The van der Waals surface area contributed by atoms with E-state index in [2.05, 4.69) is 82.0 Å². The number of fused-ring (bicyclic) bond motifs is 1. The lowest BCUT2D eigenvalue weighted by atomic mass is 9.93. The Hall–Kier alpha value is -3.62. The summed E-state index contributed by atoms with van der Waals surface area (Å²) in [4.78, 5) is 14.6. The number of aliphatic imine (C=N–C) groups is 1. The fourth-order valence-electron chi connectivity index (χ4n) is 4.00. The minimum atomic E-state index is 0.255. The van der Waals surface area contributed by atoms with Crippen LogP contribution in [-0.2, 0) is 0 Å². The fourth-order valence-corrected chi connectivity index (χ4v) is 5.24. The zero-order valence-corrected chi connectivity index (χ0v) is 21.4. The van der Waals surface area contributed by atoms with E-state index in [1.165, 1.54) is 38.6 Å². The van der Waals surface area contributed by atoms with Gasteiger partial charge in [0.05, 0.1) is 23.3 Å². The molecule has 4 aromatic rings. The Kier molecular flexibility index (Phi) is 7.84. The zero-order valence-electron chi connectivity index (χ0n) is 20.5. The average Bonchev–Trinajstić information content (AvgIpc) is 3.31. The molecule has 2 aromatic heterocycles. The van der Waals surface area contributed by atoms with Crippen molar-refractivity contribution in [2.75, 3.05) is 25.5 Å². The third-order valence-corrected chi connectivity index (χ3v) is 7.12. The van der Waals surface area contributed by atoms with Crippen molar-refractivity contribution in [3.05, 3.63) is 65.4 Å². The lowest BCUT2D eigenvalue weighted by Gasteiger charge is -2.17. The summed E-state index contributed by atoms with van der Waals surface area (Å²) in [6, 6.07) is 15.7. The van der Waals surface area contributed by atoms with Gasteiger partial charge in [0, 0.05) is 29.7 Å². The first-order chi connectivity index (χ1) is 17.0. The number of nitrogens with one attached hydrogen (secondary N) is 2. The maximum atomic E-state index is 5.06. The largest absolute Gasteiger partial charge is 0.352 e. The van der Waals surface area contributed by atoms with Crippen molar-refractivity contribution in [3.8, 4) is 21.7 Å². The normalized spacial score (nSPS) is 12.7. The van der Waals surface area contributed by atoms with Crippen LogP contribution in [0, 0.1) is 13.8 Å². The van der Waals surface area contributed by atoms with E-state index in [1.54, 1.807) is 17.6 Å². The second-order valence-corrected chi connectivity index (χ2v) is 9.49. The van der Waals surface area contributed by atoms with Gasteiger partial charge in [-0.2, -0.15) is 5.10 Å². The molecule has 0 saturated heterocycles. The molecular formula is C27H31N7S. The van der Waals surface area contributed by atoms with E-state index < -0.39 is 0 Å². The summed E-state index contributed by atoms with van der Waals surface area (Å²) < 4.78 is 1.26. The van der Waals surface area contributed by atoms with E-state index in [0.29, 0.717) is 19.0 Å². The van der Waals surface area contributed by atoms with Gasteiger partial charge >= 0.3 is 0 Å². The molecule has 0 bridgehead atoms. The van der Waals surface area contributed by atoms with Crippen LogP contribution in [0.3, 0.4) is 0 Å². The van der Waals surface area contributed by atoms with Gasteiger partial charge in [0.15, 0.2) is 0 Å². The van der Waals surface area contributed by atoms with Crippen molar-refractivity contribution in [2.45, 2.75) is 26.8 Å². The second-order valence-electron chi connectivity index (χ2n) is 8.44. The SMILES string of the molecule is CNC(C)c1ccc(C)cc1-c1cccc2cc(-c3nc(NCCN=C/C=N\N)ncc3C)sc12. The van der Waals surface area contributed by atoms with Gasteiger partial charge in [0.1, 0.15) is 0 Å². The van der Waals surface area contributed by atoms with Gasteiger partial charge in [0.2, 0.25) is 5.95 Å². The lowest BCUT2D eigenvalue weighted by molar-refractivity contribution is 0.654. The first-order valence-corrected chi connectivity index (χ1v) is 12.4. The highest BCUT2D eigenvalue weighted by atomic mass is 32.1. The summed E-state index contributed by atoms with van der Waals surface area (Å²) in [7, 11) is 2.00. The van der Waals surface area contributed by atoms with Crippen LogP contribution in [0.5, 0.6) is 0 Å². The zero-order chi connectivity index (χ0) is 24.8. The van der Waals surface area contributed by atoms with Crippen LogP contribution in [0.4, 0.5) is 5.95 Å². The van der Waals surface area contributed by atoms with E-state index in [-0.39, 0.29) is 6.04 Å². The smallest absolute Gasteiger partial charge is 0.223 e. The number of rotatable bonds is 9. The Morgan fingerprint density at radius 3 is 2.77 bits per heavy atom. The van der Waals surface area contributed by atoms with Gasteiger partial charge in [-0.3, -0.25) is 4.99 Å². The molecular weight excluding hydrogens is 454 g/mol. The standard InChI is InChI=1S/C27H31N7S/c1-17-8-9-21(19(3)29-4)23(14-17)22-7-5-6-20-15-24(35-26(20)22)25-18(2)16-32-27(34-25)31-12-10-30-11-13-33-28/h5-9,11,13-16,19,29H,10,12,28H2,1-4H3,(H,31,32,34)/b30-11?,33-13-. The Labute approximate surface area is 210 Å². The second kappa shape index (κ2) is 11.2. The number of benzene rings is 2. The molecule has 2 heterocycles. The van der Waals surface area contributed by atoms with Gasteiger partial charge in [-0.25, -0.2) is 9.97 Å². The third-order valence-electron chi connectivity index (χ3n) is 5.93. The molecule has 7 nitrogen and oxygen atoms in total. The van der Waals surface area contributed by atoms with E-state index in [4.69, 9.17) is 10.8 Å². The Morgan fingerprint density at radius 1 is 1.11 bits per heavy atom. The van der Waals surface area contributed by atoms with Crippen LogP contribution in [0.1, 0.15) is 29.7 Å².